The van der Waals surface area contributed by atoms with E-state index >= 15 is 0 Å². The molecule has 0 radical (unpaired) electrons. The minimum atomic E-state index is -1.17. The third kappa shape index (κ3) is 4.51. The highest BCUT2D eigenvalue weighted by Gasteiger charge is 2.44. The second-order valence-corrected chi connectivity index (χ2v) is 8.83. The standard InChI is InChI=1S/C18H27BrN4O4/c1-9-6-12(10(2)11(3)18(9,4)5)21-17(27)22-13-7-20-23(8-14(24)25)16(26)15(13)19/h7,9-12H,6,8H2,1-5H3,(H,24,25)(H2,21,22,27)/t9-,10+,11+,12+/m0/s1. The molecule has 1 heterocycles. The molecule has 0 aliphatic heterocycles. The molecule has 27 heavy (non-hydrogen) atoms. The number of hydrogen-bond acceptors (Lipinski definition) is 4. The van der Waals surface area contributed by atoms with Gasteiger partial charge in [-0.15, -0.1) is 0 Å². The molecule has 150 valence electrons. The lowest BCUT2D eigenvalue weighted by molar-refractivity contribution is -0.138. The summed E-state index contributed by atoms with van der Waals surface area (Å²) in [6, 6.07) is -0.383. The van der Waals surface area contributed by atoms with E-state index in [9.17, 15) is 14.4 Å². The predicted octanol–water partition coefficient (Wildman–Crippen LogP) is 2.92. The number of urea groups is 1. The number of anilines is 1. The smallest absolute Gasteiger partial charge is 0.325 e. The van der Waals surface area contributed by atoms with Crippen LogP contribution in [0, 0.1) is 23.2 Å². The Bertz CT molecular complexity index is 792. The minimum absolute atomic E-state index is 0.0298. The molecule has 3 N–H and O–H groups in total. The van der Waals surface area contributed by atoms with Gasteiger partial charge in [-0.25, -0.2) is 9.48 Å². The Morgan fingerprint density at radius 3 is 2.59 bits per heavy atom. The zero-order chi connectivity index (χ0) is 20.5. The third-order valence-electron chi connectivity index (χ3n) is 6.31. The number of nitrogens with zero attached hydrogens (tertiary/aromatic N) is 2. The van der Waals surface area contributed by atoms with Crippen molar-refractivity contribution in [3.8, 4) is 0 Å². The van der Waals surface area contributed by atoms with Crippen LogP contribution in [0.3, 0.4) is 0 Å². The van der Waals surface area contributed by atoms with Crippen molar-refractivity contribution >= 4 is 33.6 Å². The Labute approximate surface area is 166 Å². The fourth-order valence-corrected chi connectivity index (χ4v) is 4.09. The fraction of sp³-hybridized carbons (Fsp3) is 0.667. The monoisotopic (exact) mass is 442 g/mol. The number of aliphatic carboxylic acids is 1. The van der Waals surface area contributed by atoms with Gasteiger partial charge in [0, 0.05) is 6.04 Å². The Balaban J connectivity index is 2.09. The van der Waals surface area contributed by atoms with Gasteiger partial charge in [-0.1, -0.05) is 34.6 Å². The molecule has 1 aromatic rings. The maximum absolute atomic E-state index is 12.5. The number of halogens is 1. The average molecular weight is 443 g/mol. The summed E-state index contributed by atoms with van der Waals surface area (Å²) in [4.78, 5) is 35.3. The highest BCUT2D eigenvalue weighted by molar-refractivity contribution is 9.10. The van der Waals surface area contributed by atoms with Gasteiger partial charge in [0.05, 0.1) is 11.9 Å². The van der Waals surface area contributed by atoms with Crippen LogP contribution in [0.15, 0.2) is 15.5 Å². The summed E-state index contributed by atoms with van der Waals surface area (Å²) in [5.41, 5.74) is -0.218. The number of hydrogen-bond donors (Lipinski definition) is 3. The van der Waals surface area contributed by atoms with Crippen LogP contribution in [0.5, 0.6) is 0 Å². The molecule has 1 saturated carbocycles. The molecule has 1 aliphatic rings. The van der Waals surface area contributed by atoms with Crippen LogP contribution in [0.2, 0.25) is 0 Å². The molecule has 9 heteroatoms. The molecule has 0 spiro atoms. The van der Waals surface area contributed by atoms with Gasteiger partial charge < -0.3 is 15.7 Å². The molecular weight excluding hydrogens is 416 g/mol. The van der Waals surface area contributed by atoms with Crippen LogP contribution < -0.4 is 16.2 Å². The molecule has 0 unspecified atom stereocenters. The summed E-state index contributed by atoms with van der Waals surface area (Å²) in [6.07, 6.45) is 2.14. The first-order chi connectivity index (χ1) is 12.4. The van der Waals surface area contributed by atoms with E-state index in [1.807, 2.05) is 0 Å². The van der Waals surface area contributed by atoms with E-state index < -0.39 is 24.1 Å². The summed E-state index contributed by atoms with van der Waals surface area (Å²) in [5.74, 6) is 0.0433. The van der Waals surface area contributed by atoms with Crippen molar-refractivity contribution in [3.05, 3.63) is 21.0 Å². The van der Waals surface area contributed by atoms with Gasteiger partial charge in [0.25, 0.3) is 5.56 Å². The van der Waals surface area contributed by atoms with Crippen LogP contribution in [0.25, 0.3) is 0 Å². The number of carboxylic acid groups (broad SMARTS) is 1. The summed E-state index contributed by atoms with van der Waals surface area (Å²) in [6.45, 7) is 10.6. The molecule has 2 rings (SSSR count). The van der Waals surface area contributed by atoms with Gasteiger partial charge in [-0.3, -0.25) is 9.59 Å². The van der Waals surface area contributed by atoms with Crippen molar-refractivity contribution in [3.63, 3.8) is 0 Å². The Morgan fingerprint density at radius 2 is 2.00 bits per heavy atom. The van der Waals surface area contributed by atoms with Crippen LogP contribution in [0.1, 0.15) is 41.0 Å². The van der Waals surface area contributed by atoms with E-state index in [1.165, 1.54) is 6.20 Å². The van der Waals surface area contributed by atoms with E-state index in [0.717, 1.165) is 11.1 Å². The van der Waals surface area contributed by atoms with Crippen LogP contribution in [-0.4, -0.2) is 32.9 Å². The summed E-state index contributed by atoms with van der Waals surface area (Å²) in [5, 5.41) is 18.2. The largest absolute Gasteiger partial charge is 0.480 e. The Morgan fingerprint density at radius 1 is 1.37 bits per heavy atom. The molecule has 4 atom stereocenters. The number of amides is 2. The number of aromatic nitrogens is 2. The Hall–Kier alpha value is -1.90. The highest BCUT2D eigenvalue weighted by Crippen LogP contribution is 2.47. The van der Waals surface area contributed by atoms with E-state index in [2.05, 4.69) is 66.3 Å². The normalized spacial score (nSPS) is 27.0. The SMILES string of the molecule is C[C@@H]1[C@@H](C)C(C)(C)[C@@H](C)C[C@H]1NC(=O)Nc1cnn(CC(=O)O)c(=O)c1Br. The lowest BCUT2D eigenvalue weighted by Gasteiger charge is -2.49. The van der Waals surface area contributed by atoms with Crippen molar-refractivity contribution < 1.29 is 14.7 Å². The predicted molar refractivity (Wildman–Crippen MR) is 106 cm³/mol. The topological polar surface area (TPSA) is 113 Å². The van der Waals surface area contributed by atoms with Crippen LogP contribution in [0.4, 0.5) is 10.5 Å². The maximum Gasteiger partial charge on any atom is 0.325 e. The molecule has 2 amide bonds. The Kier molecular flexibility index (Phi) is 6.34. The van der Waals surface area contributed by atoms with Gasteiger partial charge in [-0.05, 0) is 45.5 Å². The molecule has 0 saturated heterocycles. The molecular formula is C18H27BrN4O4. The van der Waals surface area contributed by atoms with Gasteiger partial charge >= 0.3 is 12.0 Å². The van der Waals surface area contributed by atoms with E-state index in [-0.39, 0.29) is 21.6 Å². The van der Waals surface area contributed by atoms with Crippen molar-refractivity contribution in [2.45, 2.75) is 53.6 Å². The molecule has 8 nitrogen and oxygen atoms in total. The average Bonchev–Trinajstić information content (AvgIpc) is 2.57. The molecule has 1 aromatic heterocycles. The second kappa shape index (κ2) is 8.00. The first-order valence-electron chi connectivity index (χ1n) is 9.00. The van der Waals surface area contributed by atoms with Crippen molar-refractivity contribution in [2.24, 2.45) is 23.2 Å². The van der Waals surface area contributed by atoms with E-state index in [4.69, 9.17) is 5.11 Å². The van der Waals surface area contributed by atoms with Crippen LogP contribution >= 0.6 is 15.9 Å². The zero-order valence-corrected chi connectivity index (χ0v) is 17.8. The van der Waals surface area contributed by atoms with Crippen molar-refractivity contribution in [1.29, 1.82) is 0 Å². The number of rotatable bonds is 4. The van der Waals surface area contributed by atoms with Crippen molar-refractivity contribution in [1.82, 2.24) is 15.1 Å². The third-order valence-corrected chi connectivity index (χ3v) is 7.08. The molecule has 1 fully saturated rings. The van der Waals surface area contributed by atoms with Crippen LogP contribution in [-0.2, 0) is 11.3 Å². The lowest BCUT2D eigenvalue weighted by atomic mass is 9.58. The summed E-state index contributed by atoms with van der Waals surface area (Å²) in [7, 11) is 0. The lowest BCUT2D eigenvalue weighted by Crippen LogP contribution is -2.52. The fourth-order valence-electron chi connectivity index (χ4n) is 3.68. The number of carbonyl (C=O) groups excluding carboxylic acids is 1. The van der Waals surface area contributed by atoms with Gasteiger partial charge in [0.15, 0.2) is 0 Å². The first-order valence-corrected chi connectivity index (χ1v) is 9.79. The number of carboxylic acids is 1. The second-order valence-electron chi connectivity index (χ2n) is 8.04. The quantitative estimate of drug-likeness (QED) is 0.662. The van der Waals surface area contributed by atoms with E-state index in [0.29, 0.717) is 17.8 Å². The molecule has 0 bridgehead atoms. The van der Waals surface area contributed by atoms with Crippen molar-refractivity contribution in [2.75, 3.05) is 5.32 Å². The van der Waals surface area contributed by atoms with Gasteiger partial charge in [-0.2, -0.15) is 5.10 Å². The van der Waals surface area contributed by atoms with Gasteiger partial charge in [0.2, 0.25) is 0 Å². The molecule has 0 aromatic carbocycles. The number of nitrogens with one attached hydrogen (secondary N) is 2. The summed E-state index contributed by atoms with van der Waals surface area (Å²) >= 11 is 3.11. The minimum Gasteiger partial charge on any atom is -0.480 e. The zero-order valence-electron chi connectivity index (χ0n) is 16.2. The van der Waals surface area contributed by atoms with Gasteiger partial charge in [0.1, 0.15) is 11.0 Å². The molecule has 1 aliphatic carbocycles. The maximum atomic E-state index is 12.5. The number of carbonyl (C=O) groups is 2. The highest BCUT2D eigenvalue weighted by atomic mass is 79.9. The first kappa shape index (κ1) is 21.4. The summed E-state index contributed by atoms with van der Waals surface area (Å²) < 4.78 is 0.873. The van der Waals surface area contributed by atoms with E-state index in [1.54, 1.807) is 0 Å².